The summed E-state index contributed by atoms with van der Waals surface area (Å²) in [6, 6.07) is -0.114. The molecule has 0 rings (SSSR count). The minimum atomic E-state index is -0.331. The van der Waals surface area contributed by atoms with Crippen LogP contribution in [0.3, 0.4) is 0 Å². The smallest absolute Gasteiger partial charge is 0.302 e. The van der Waals surface area contributed by atoms with Gasteiger partial charge in [-0.25, -0.2) is 0 Å². The van der Waals surface area contributed by atoms with Gasteiger partial charge in [-0.05, 0) is 6.92 Å². The van der Waals surface area contributed by atoms with E-state index in [-0.39, 0.29) is 24.5 Å². The van der Waals surface area contributed by atoms with Gasteiger partial charge in [0.15, 0.2) is 0 Å². The molecule has 0 aromatic heterocycles. The van der Waals surface area contributed by atoms with Gasteiger partial charge < -0.3 is 10.1 Å². The van der Waals surface area contributed by atoms with E-state index in [1.165, 1.54) is 13.8 Å². The van der Waals surface area contributed by atoms with Crippen LogP contribution in [0.1, 0.15) is 20.8 Å². The summed E-state index contributed by atoms with van der Waals surface area (Å²) in [4.78, 5) is 20.7. The zero-order chi connectivity index (χ0) is 8.85. The second-order valence-electron chi connectivity index (χ2n) is 2.40. The van der Waals surface area contributed by atoms with Gasteiger partial charge in [-0.3, -0.25) is 9.59 Å². The van der Waals surface area contributed by atoms with Crippen LogP contribution in [-0.4, -0.2) is 24.5 Å². The number of nitrogens with one attached hydrogen (secondary N) is 1. The molecule has 4 heteroatoms. The highest BCUT2D eigenvalue weighted by Crippen LogP contribution is 1.84. The Morgan fingerprint density at radius 2 is 2.00 bits per heavy atom. The maximum atomic E-state index is 10.4. The number of carbonyl (C=O) groups is 2. The topological polar surface area (TPSA) is 55.4 Å². The van der Waals surface area contributed by atoms with Crippen LogP contribution in [0.15, 0.2) is 0 Å². The van der Waals surface area contributed by atoms with Gasteiger partial charge in [0.2, 0.25) is 5.91 Å². The number of carbonyl (C=O) groups excluding carboxylic acids is 2. The molecular weight excluding hydrogens is 146 g/mol. The van der Waals surface area contributed by atoms with Crippen LogP contribution >= 0.6 is 0 Å². The summed E-state index contributed by atoms with van der Waals surface area (Å²) < 4.78 is 4.65. The molecule has 0 aliphatic rings. The van der Waals surface area contributed by atoms with Crippen molar-refractivity contribution < 1.29 is 14.3 Å². The molecule has 0 radical (unpaired) electrons. The van der Waals surface area contributed by atoms with E-state index in [0.29, 0.717) is 0 Å². The van der Waals surface area contributed by atoms with E-state index >= 15 is 0 Å². The van der Waals surface area contributed by atoms with Gasteiger partial charge in [0, 0.05) is 13.8 Å². The van der Waals surface area contributed by atoms with Crippen molar-refractivity contribution in [3.63, 3.8) is 0 Å². The molecule has 0 unspecified atom stereocenters. The van der Waals surface area contributed by atoms with E-state index in [9.17, 15) is 9.59 Å². The Morgan fingerprint density at radius 1 is 1.45 bits per heavy atom. The van der Waals surface area contributed by atoms with Crippen LogP contribution in [0.4, 0.5) is 0 Å². The van der Waals surface area contributed by atoms with Crippen molar-refractivity contribution in [1.82, 2.24) is 5.32 Å². The molecule has 64 valence electrons. The van der Waals surface area contributed by atoms with Gasteiger partial charge in [-0.2, -0.15) is 0 Å². The maximum absolute atomic E-state index is 10.4. The average molecular weight is 159 g/mol. The van der Waals surface area contributed by atoms with Gasteiger partial charge in [-0.15, -0.1) is 0 Å². The number of hydrogen-bond acceptors (Lipinski definition) is 3. The standard InChI is InChI=1S/C7H13NO3/c1-5(8-6(2)9)4-11-7(3)10/h5H,4H2,1-3H3,(H,8,9)/t5-/m0/s1. The maximum Gasteiger partial charge on any atom is 0.302 e. The summed E-state index contributed by atoms with van der Waals surface area (Å²) in [6.45, 7) is 4.75. The van der Waals surface area contributed by atoms with Crippen LogP contribution in [0.5, 0.6) is 0 Å². The lowest BCUT2D eigenvalue weighted by atomic mass is 10.3. The molecule has 0 aliphatic carbocycles. The van der Waals surface area contributed by atoms with E-state index in [1.54, 1.807) is 6.92 Å². The first-order chi connectivity index (χ1) is 5.02. The molecule has 0 saturated heterocycles. The molecule has 0 spiro atoms. The fourth-order valence-electron chi connectivity index (χ4n) is 0.631. The highest BCUT2D eigenvalue weighted by atomic mass is 16.5. The molecule has 0 aromatic rings. The Hall–Kier alpha value is -1.06. The number of rotatable bonds is 3. The van der Waals surface area contributed by atoms with Crippen molar-refractivity contribution in [2.75, 3.05) is 6.61 Å². The van der Waals surface area contributed by atoms with Gasteiger partial charge in [0.25, 0.3) is 0 Å². The van der Waals surface area contributed by atoms with Crippen molar-refractivity contribution in [2.24, 2.45) is 0 Å². The molecule has 0 heterocycles. The molecule has 4 nitrogen and oxygen atoms in total. The summed E-state index contributed by atoms with van der Waals surface area (Å²) >= 11 is 0. The highest BCUT2D eigenvalue weighted by molar-refractivity contribution is 5.73. The normalized spacial score (nSPS) is 11.9. The highest BCUT2D eigenvalue weighted by Gasteiger charge is 2.03. The monoisotopic (exact) mass is 159 g/mol. The second-order valence-corrected chi connectivity index (χ2v) is 2.40. The van der Waals surface area contributed by atoms with Crippen molar-refractivity contribution in [3.8, 4) is 0 Å². The molecule has 0 fully saturated rings. The summed E-state index contributed by atoms with van der Waals surface area (Å²) in [5.41, 5.74) is 0. The number of esters is 1. The molecule has 11 heavy (non-hydrogen) atoms. The largest absolute Gasteiger partial charge is 0.464 e. The van der Waals surface area contributed by atoms with Crippen molar-refractivity contribution in [1.29, 1.82) is 0 Å². The summed E-state index contributed by atoms with van der Waals surface area (Å²) in [5.74, 6) is -0.452. The first-order valence-corrected chi connectivity index (χ1v) is 3.43. The fraction of sp³-hybridized carbons (Fsp3) is 0.714. The Labute approximate surface area is 65.9 Å². The second kappa shape index (κ2) is 4.71. The quantitative estimate of drug-likeness (QED) is 0.593. The van der Waals surface area contributed by atoms with Gasteiger partial charge in [0.1, 0.15) is 6.61 Å². The van der Waals surface area contributed by atoms with Gasteiger partial charge >= 0.3 is 5.97 Å². The number of hydrogen-bond donors (Lipinski definition) is 1. The Bertz CT molecular complexity index is 156. The summed E-state index contributed by atoms with van der Waals surface area (Å²) in [5, 5.41) is 2.58. The average Bonchev–Trinajstić information content (AvgIpc) is 1.82. The van der Waals surface area contributed by atoms with Crippen molar-refractivity contribution in [3.05, 3.63) is 0 Å². The minimum Gasteiger partial charge on any atom is -0.464 e. The lowest BCUT2D eigenvalue weighted by molar-refractivity contribution is -0.142. The third-order valence-electron chi connectivity index (χ3n) is 0.986. The molecule has 1 amide bonds. The van der Waals surface area contributed by atoms with E-state index < -0.39 is 0 Å². The lowest BCUT2D eigenvalue weighted by Crippen LogP contribution is -2.34. The van der Waals surface area contributed by atoms with E-state index in [4.69, 9.17) is 0 Å². The third kappa shape index (κ3) is 6.83. The number of amides is 1. The Morgan fingerprint density at radius 3 is 2.36 bits per heavy atom. The molecule has 0 aliphatic heterocycles. The van der Waals surface area contributed by atoms with Gasteiger partial charge in [-0.1, -0.05) is 0 Å². The number of ether oxygens (including phenoxy) is 1. The lowest BCUT2D eigenvalue weighted by Gasteiger charge is -2.11. The predicted octanol–water partition coefficient (Wildman–Crippen LogP) is 0.0741. The van der Waals surface area contributed by atoms with Crippen LogP contribution in [-0.2, 0) is 14.3 Å². The predicted molar refractivity (Wildman–Crippen MR) is 39.9 cm³/mol. The Balaban J connectivity index is 3.44. The first-order valence-electron chi connectivity index (χ1n) is 3.43. The van der Waals surface area contributed by atoms with Gasteiger partial charge in [0.05, 0.1) is 6.04 Å². The first kappa shape index (κ1) is 9.94. The third-order valence-corrected chi connectivity index (χ3v) is 0.986. The molecular formula is C7H13NO3. The molecule has 1 N–H and O–H groups in total. The fourth-order valence-corrected chi connectivity index (χ4v) is 0.631. The molecule has 1 atom stereocenters. The van der Waals surface area contributed by atoms with E-state index in [1.807, 2.05) is 0 Å². The zero-order valence-electron chi connectivity index (χ0n) is 7.01. The van der Waals surface area contributed by atoms with E-state index in [2.05, 4.69) is 10.1 Å². The van der Waals surface area contributed by atoms with Crippen molar-refractivity contribution in [2.45, 2.75) is 26.8 Å². The van der Waals surface area contributed by atoms with Crippen molar-refractivity contribution >= 4 is 11.9 Å². The Kier molecular flexibility index (Phi) is 4.26. The van der Waals surface area contributed by atoms with Crippen LogP contribution < -0.4 is 5.32 Å². The molecule has 0 saturated carbocycles. The minimum absolute atomic E-state index is 0.114. The van der Waals surface area contributed by atoms with E-state index in [0.717, 1.165) is 0 Å². The summed E-state index contributed by atoms with van der Waals surface area (Å²) in [7, 11) is 0. The zero-order valence-corrected chi connectivity index (χ0v) is 7.01. The SMILES string of the molecule is CC(=O)N[C@@H](C)COC(C)=O. The molecule has 0 aromatic carbocycles. The van der Waals surface area contributed by atoms with Crippen LogP contribution in [0.25, 0.3) is 0 Å². The summed E-state index contributed by atoms with van der Waals surface area (Å²) in [6.07, 6.45) is 0. The van der Waals surface area contributed by atoms with Crippen LogP contribution in [0.2, 0.25) is 0 Å². The molecule has 0 bridgehead atoms. The van der Waals surface area contributed by atoms with Crippen LogP contribution in [0, 0.1) is 0 Å².